The molecule has 3 N–H and O–H groups in total. The van der Waals surface area contributed by atoms with Crippen LogP contribution in [0.3, 0.4) is 0 Å². The van der Waals surface area contributed by atoms with E-state index in [-0.39, 0.29) is 0 Å². The second-order valence-corrected chi connectivity index (χ2v) is 3.84. The van der Waals surface area contributed by atoms with Gasteiger partial charge in [0.25, 0.3) is 0 Å². The van der Waals surface area contributed by atoms with Crippen molar-refractivity contribution in [2.24, 2.45) is 0 Å². The molecular weight excluding hydrogens is 230 g/mol. The molecule has 5 nitrogen and oxygen atoms in total. The molecule has 0 atom stereocenters. The fourth-order valence-electron chi connectivity index (χ4n) is 1.91. The van der Waals surface area contributed by atoms with Crippen molar-refractivity contribution < 1.29 is 9.47 Å². The Morgan fingerprint density at radius 3 is 2.67 bits per heavy atom. The number of pyridine rings is 1. The van der Waals surface area contributed by atoms with Crippen LogP contribution in [0.25, 0.3) is 10.9 Å². The van der Waals surface area contributed by atoms with Crippen molar-refractivity contribution in [3.63, 3.8) is 0 Å². The number of ether oxygens (including phenoxy) is 2. The second-order valence-electron chi connectivity index (χ2n) is 3.84. The van der Waals surface area contributed by atoms with Crippen LogP contribution in [0.5, 0.6) is 11.5 Å². The van der Waals surface area contributed by atoms with Gasteiger partial charge in [-0.1, -0.05) is 0 Å². The zero-order valence-electron chi connectivity index (χ0n) is 10.8. The van der Waals surface area contributed by atoms with Crippen molar-refractivity contribution in [3.8, 4) is 11.5 Å². The number of hydrogen-bond acceptors (Lipinski definition) is 5. The quantitative estimate of drug-likeness (QED) is 0.867. The lowest BCUT2D eigenvalue weighted by molar-refractivity contribution is 0.397. The summed E-state index contributed by atoms with van der Waals surface area (Å²) in [4.78, 5) is 4.32. The Morgan fingerprint density at radius 2 is 2.06 bits per heavy atom. The number of benzene rings is 1. The third-order valence-corrected chi connectivity index (χ3v) is 2.75. The van der Waals surface area contributed by atoms with Crippen molar-refractivity contribution in [2.45, 2.75) is 6.92 Å². The van der Waals surface area contributed by atoms with Gasteiger partial charge in [-0.2, -0.15) is 0 Å². The average Bonchev–Trinajstić information content (AvgIpc) is 2.40. The first-order chi connectivity index (χ1) is 8.71. The highest BCUT2D eigenvalue weighted by Crippen LogP contribution is 2.36. The molecule has 1 aromatic carbocycles. The normalized spacial score (nSPS) is 10.4. The molecule has 0 aliphatic heterocycles. The summed E-state index contributed by atoms with van der Waals surface area (Å²) in [5.74, 6) is 1.38. The SMILES string of the molecule is CCNc1c(N)cnc2c(OC)cc(OC)cc12. The number of nitrogens with one attached hydrogen (secondary N) is 1. The number of methoxy groups -OCH3 is 2. The summed E-state index contributed by atoms with van der Waals surface area (Å²) in [5, 5.41) is 4.14. The van der Waals surface area contributed by atoms with E-state index in [4.69, 9.17) is 15.2 Å². The molecule has 0 bridgehead atoms. The molecule has 0 fully saturated rings. The largest absolute Gasteiger partial charge is 0.497 e. The van der Waals surface area contributed by atoms with E-state index in [1.165, 1.54) is 0 Å². The van der Waals surface area contributed by atoms with Crippen LogP contribution < -0.4 is 20.5 Å². The highest BCUT2D eigenvalue weighted by Gasteiger charge is 2.12. The minimum Gasteiger partial charge on any atom is -0.497 e. The van der Waals surface area contributed by atoms with Gasteiger partial charge in [0.15, 0.2) is 0 Å². The average molecular weight is 247 g/mol. The van der Waals surface area contributed by atoms with Gasteiger partial charge in [-0.3, -0.25) is 4.98 Å². The van der Waals surface area contributed by atoms with Crippen LogP contribution in [0.15, 0.2) is 18.3 Å². The first-order valence-electron chi connectivity index (χ1n) is 5.75. The van der Waals surface area contributed by atoms with E-state index in [0.29, 0.717) is 17.2 Å². The van der Waals surface area contributed by atoms with E-state index in [0.717, 1.165) is 23.1 Å². The Labute approximate surface area is 106 Å². The third kappa shape index (κ3) is 1.99. The van der Waals surface area contributed by atoms with E-state index in [1.54, 1.807) is 26.5 Å². The van der Waals surface area contributed by atoms with Gasteiger partial charge in [0.2, 0.25) is 0 Å². The minimum absolute atomic E-state index is 0.611. The van der Waals surface area contributed by atoms with Gasteiger partial charge in [-0.05, 0) is 13.0 Å². The predicted octanol–water partition coefficient (Wildman–Crippen LogP) is 2.27. The molecule has 1 heterocycles. The van der Waals surface area contributed by atoms with Crippen molar-refractivity contribution in [1.82, 2.24) is 4.98 Å². The number of anilines is 2. The first kappa shape index (κ1) is 12.3. The summed E-state index contributed by atoms with van der Waals surface area (Å²) in [7, 11) is 3.23. The Morgan fingerprint density at radius 1 is 1.28 bits per heavy atom. The molecular formula is C13H17N3O2. The maximum absolute atomic E-state index is 5.95. The first-order valence-corrected chi connectivity index (χ1v) is 5.75. The molecule has 2 rings (SSSR count). The van der Waals surface area contributed by atoms with Crippen LogP contribution >= 0.6 is 0 Å². The summed E-state index contributed by atoms with van der Waals surface area (Å²) >= 11 is 0. The Kier molecular flexibility index (Phi) is 3.41. The molecule has 0 aliphatic rings. The monoisotopic (exact) mass is 247 g/mol. The highest BCUT2D eigenvalue weighted by molar-refractivity contribution is 6.00. The van der Waals surface area contributed by atoms with Crippen LogP contribution in [-0.2, 0) is 0 Å². The summed E-state index contributed by atoms with van der Waals surface area (Å²) in [6.07, 6.45) is 1.63. The molecule has 0 spiro atoms. The van der Waals surface area contributed by atoms with Crippen molar-refractivity contribution in [2.75, 3.05) is 31.8 Å². The molecule has 96 valence electrons. The molecule has 0 saturated carbocycles. The van der Waals surface area contributed by atoms with E-state index in [2.05, 4.69) is 10.3 Å². The van der Waals surface area contributed by atoms with Gasteiger partial charge in [0, 0.05) is 18.0 Å². The topological polar surface area (TPSA) is 69.4 Å². The molecule has 2 aromatic rings. The lowest BCUT2D eigenvalue weighted by atomic mass is 10.1. The zero-order chi connectivity index (χ0) is 13.1. The molecule has 0 amide bonds. The Hall–Kier alpha value is -2.17. The van der Waals surface area contributed by atoms with Crippen molar-refractivity contribution >= 4 is 22.3 Å². The van der Waals surface area contributed by atoms with Gasteiger partial charge in [0.05, 0.1) is 31.8 Å². The number of aromatic nitrogens is 1. The number of hydrogen-bond donors (Lipinski definition) is 2. The minimum atomic E-state index is 0.611. The van der Waals surface area contributed by atoms with Crippen molar-refractivity contribution in [3.05, 3.63) is 18.3 Å². The van der Waals surface area contributed by atoms with Gasteiger partial charge in [0.1, 0.15) is 17.0 Å². The van der Waals surface area contributed by atoms with Crippen LogP contribution in [-0.4, -0.2) is 25.7 Å². The number of fused-ring (bicyclic) bond motifs is 1. The Bertz CT molecular complexity index is 570. The van der Waals surface area contributed by atoms with Crippen LogP contribution in [0, 0.1) is 0 Å². The van der Waals surface area contributed by atoms with E-state index in [1.807, 2.05) is 13.0 Å². The molecule has 0 radical (unpaired) electrons. The molecule has 18 heavy (non-hydrogen) atoms. The summed E-state index contributed by atoms with van der Waals surface area (Å²) in [6.45, 7) is 2.80. The molecule has 0 saturated heterocycles. The van der Waals surface area contributed by atoms with Gasteiger partial charge < -0.3 is 20.5 Å². The molecule has 1 aromatic heterocycles. The number of nitrogens with two attached hydrogens (primary N) is 1. The Balaban J connectivity index is 2.77. The fraction of sp³-hybridized carbons (Fsp3) is 0.308. The molecule has 5 heteroatoms. The van der Waals surface area contributed by atoms with Crippen LogP contribution in [0.1, 0.15) is 6.92 Å². The second kappa shape index (κ2) is 5.00. The number of nitrogens with zero attached hydrogens (tertiary/aromatic N) is 1. The fourth-order valence-corrected chi connectivity index (χ4v) is 1.91. The maximum Gasteiger partial charge on any atom is 0.148 e. The number of rotatable bonds is 4. The maximum atomic E-state index is 5.95. The predicted molar refractivity (Wildman–Crippen MR) is 73.4 cm³/mol. The molecule has 0 aliphatic carbocycles. The zero-order valence-corrected chi connectivity index (χ0v) is 10.8. The van der Waals surface area contributed by atoms with Crippen LogP contribution in [0.4, 0.5) is 11.4 Å². The summed E-state index contributed by atoms with van der Waals surface area (Å²) in [6, 6.07) is 3.71. The number of nitrogen functional groups attached to an aromatic ring is 1. The third-order valence-electron chi connectivity index (χ3n) is 2.75. The van der Waals surface area contributed by atoms with Gasteiger partial charge in [-0.25, -0.2) is 0 Å². The van der Waals surface area contributed by atoms with E-state index >= 15 is 0 Å². The van der Waals surface area contributed by atoms with Gasteiger partial charge >= 0.3 is 0 Å². The van der Waals surface area contributed by atoms with E-state index in [9.17, 15) is 0 Å². The molecule has 0 unspecified atom stereocenters. The smallest absolute Gasteiger partial charge is 0.148 e. The summed E-state index contributed by atoms with van der Waals surface area (Å²) in [5.41, 5.74) is 8.19. The summed E-state index contributed by atoms with van der Waals surface area (Å²) < 4.78 is 10.6. The van der Waals surface area contributed by atoms with E-state index < -0.39 is 0 Å². The van der Waals surface area contributed by atoms with Crippen LogP contribution in [0.2, 0.25) is 0 Å². The standard InChI is InChI=1S/C13H17N3O2/c1-4-15-12-9-5-8(17-2)6-11(18-3)13(9)16-7-10(12)14/h5-7H,4,14H2,1-3H3,(H,15,16). The highest BCUT2D eigenvalue weighted by atomic mass is 16.5. The van der Waals surface area contributed by atoms with Crippen molar-refractivity contribution in [1.29, 1.82) is 0 Å². The lowest BCUT2D eigenvalue weighted by Crippen LogP contribution is -2.03. The lowest BCUT2D eigenvalue weighted by Gasteiger charge is -2.14. The van der Waals surface area contributed by atoms with Gasteiger partial charge in [-0.15, -0.1) is 0 Å².